The predicted octanol–water partition coefficient (Wildman–Crippen LogP) is 0.341. The van der Waals surface area contributed by atoms with Crippen LogP contribution in [-0.4, -0.2) is 15.6 Å². The van der Waals surface area contributed by atoms with E-state index in [0.29, 0.717) is 0 Å². The Balaban J connectivity index is -0.000000351. The normalized spacial score (nSPS) is 9.88. The van der Waals surface area contributed by atoms with Gasteiger partial charge in [0, 0.05) is 9.52 Å². The molecular formula is C19H25Cl2HfNSi. The standard InChI is InChI=1S/C13H9.C4H10N.C2H6Si.2ClH.Hf/c1-3-7-12-10(5-1)9-11-6-2-4-8-13(11)12;1-3-4(2)5;1-3-2;;;/h1-9H;4-5H,3H2,1-2H3;1-2H3;2*1H;/q2*-1;;;;+4/p-2. The van der Waals surface area contributed by atoms with Crippen LogP contribution in [0.3, 0.4) is 0 Å². The van der Waals surface area contributed by atoms with E-state index in [1.807, 2.05) is 13.8 Å². The second-order valence-corrected chi connectivity index (χ2v) is 6.13. The molecule has 1 nitrogen and oxygen atoms in total. The molecule has 128 valence electrons. The third-order valence-electron chi connectivity index (χ3n) is 3.14. The number of fused-ring (bicyclic) bond motifs is 3. The molecule has 0 spiro atoms. The second-order valence-electron chi connectivity index (χ2n) is 5.13. The first kappa shape index (κ1) is 28.7. The summed E-state index contributed by atoms with van der Waals surface area (Å²) in [6.45, 7) is 8.21. The van der Waals surface area contributed by atoms with Gasteiger partial charge in [-0.05, 0) is 0 Å². The summed E-state index contributed by atoms with van der Waals surface area (Å²) in [7, 11) is 1.08. The first-order chi connectivity index (χ1) is 10.1. The first-order valence-electron chi connectivity index (χ1n) is 7.46. The molecule has 1 unspecified atom stereocenters. The molecule has 0 aliphatic carbocycles. The molecule has 0 heterocycles. The summed E-state index contributed by atoms with van der Waals surface area (Å²) in [5.41, 5.74) is 6.83. The van der Waals surface area contributed by atoms with Crippen LogP contribution in [0.15, 0.2) is 54.6 Å². The molecule has 3 rings (SSSR count). The summed E-state index contributed by atoms with van der Waals surface area (Å²) in [5, 5.41) is 5.39. The van der Waals surface area contributed by atoms with Gasteiger partial charge in [-0.3, -0.25) is 0 Å². The van der Waals surface area contributed by atoms with Crippen LogP contribution in [-0.2, 0) is 25.8 Å². The van der Waals surface area contributed by atoms with Crippen molar-refractivity contribution in [2.24, 2.45) is 0 Å². The molecule has 1 N–H and O–H groups in total. The zero-order chi connectivity index (χ0) is 15.7. The topological polar surface area (TPSA) is 23.8 Å². The molecule has 0 aromatic heterocycles. The van der Waals surface area contributed by atoms with Gasteiger partial charge in [0.2, 0.25) is 0 Å². The molecule has 0 amide bonds. The maximum Gasteiger partial charge on any atom is 4.00 e. The largest absolute Gasteiger partial charge is 4.00 e. The maximum atomic E-state index is 6.83. The zero-order valence-corrected chi connectivity index (χ0v) is 20.8. The molecule has 0 bridgehead atoms. The molecule has 1 atom stereocenters. The van der Waals surface area contributed by atoms with Crippen LogP contribution in [0.2, 0.25) is 13.1 Å². The fourth-order valence-electron chi connectivity index (χ4n) is 1.90. The summed E-state index contributed by atoms with van der Waals surface area (Å²) in [5.74, 6) is 0. The summed E-state index contributed by atoms with van der Waals surface area (Å²) < 4.78 is 0. The Labute approximate surface area is 180 Å². The van der Waals surface area contributed by atoms with Crippen LogP contribution in [0.25, 0.3) is 27.3 Å². The van der Waals surface area contributed by atoms with E-state index in [9.17, 15) is 0 Å². The van der Waals surface area contributed by atoms with Crippen molar-refractivity contribution >= 4 is 31.1 Å². The van der Waals surface area contributed by atoms with E-state index >= 15 is 0 Å². The van der Waals surface area contributed by atoms with Crippen molar-refractivity contribution in [2.45, 2.75) is 39.4 Å². The Bertz CT molecular complexity index is 605. The van der Waals surface area contributed by atoms with Crippen molar-refractivity contribution < 1.29 is 50.7 Å². The van der Waals surface area contributed by atoms with E-state index < -0.39 is 0 Å². The average Bonchev–Trinajstić information content (AvgIpc) is 2.87. The monoisotopic (exact) mass is 545 g/mol. The van der Waals surface area contributed by atoms with Gasteiger partial charge in [-0.25, -0.2) is 0 Å². The van der Waals surface area contributed by atoms with E-state index in [-0.39, 0.29) is 56.7 Å². The Morgan fingerprint density at radius 1 is 0.917 bits per heavy atom. The van der Waals surface area contributed by atoms with Crippen molar-refractivity contribution in [1.82, 2.24) is 0 Å². The molecular weight excluding hydrogens is 520 g/mol. The number of hydrogen-bond donors (Lipinski definition) is 0. The molecule has 5 heteroatoms. The minimum Gasteiger partial charge on any atom is -1.00 e. The van der Waals surface area contributed by atoms with Crippen LogP contribution in [0.5, 0.6) is 0 Å². The van der Waals surface area contributed by atoms with Gasteiger partial charge in [0.15, 0.2) is 0 Å². The van der Waals surface area contributed by atoms with Crippen LogP contribution < -0.4 is 24.8 Å². The van der Waals surface area contributed by atoms with Crippen molar-refractivity contribution in [1.29, 1.82) is 0 Å². The van der Waals surface area contributed by atoms with E-state index in [1.165, 1.54) is 21.5 Å². The van der Waals surface area contributed by atoms with Crippen molar-refractivity contribution in [3.63, 3.8) is 0 Å². The van der Waals surface area contributed by atoms with Crippen molar-refractivity contribution in [2.75, 3.05) is 0 Å². The van der Waals surface area contributed by atoms with Crippen LogP contribution in [0.4, 0.5) is 0 Å². The number of nitrogens with one attached hydrogen (secondary N) is 1. The van der Waals surface area contributed by atoms with Gasteiger partial charge in [-0.2, -0.15) is 0 Å². The van der Waals surface area contributed by atoms with E-state index in [1.54, 1.807) is 0 Å². The van der Waals surface area contributed by atoms with E-state index in [2.05, 4.69) is 67.7 Å². The van der Waals surface area contributed by atoms with E-state index in [0.717, 1.165) is 15.9 Å². The molecule has 0 fully saturated rings. The first-order valence-corrected chi connectivity index (χ1v) is 9.46. The Morgan fingerprint density at radius 2 is 1.21 bits per heavy atom. The van der Waals surface area contributed by atoms with Crippen LogP contribution in [0.1, 0.15) is 20.3 Å². The quantitative estimate of drug-likeness (QED) is 0.312. The summed E-state index contributed by atoms with van der Waals surface area (Å²) in [6.07, 6.45) is 0.972. The molecule has 3 aromatic carbocycles. The van der Waals surface area contributed by atoms with Gasteiger partial charge < -0.3 is 30.5 Å². The molecule has 0 saturated heterocycles. The Hall–Kier alpha value is -0.0630. The zero-order valence-electron chi connectivity index (χ0n) is 14.7. The van der Waals surface area contributed by atoms with E-state index in [4.69, 9.17) is 5.73 Å². The summed E-state index contributed by atoms with van der Waals surface area (Å²) in [4.78, 5) is 0. The van der Waals surface area contributed by atoms with Gasteiger partial charge in [0.25, 0.3) is 0 Å². The van der Waals surface area contributed by atoms with Gasteiger partial charge in [-0.15, -0.1) is 45.8 Å². The molecule has 2 radical (unpaired) electrons. The number of hydrogen-bond acceptors (Lipinski definition) is 0. The third-order valence-corrected chi connectivity index (χ3v) is 3.14. The predicted molar refractivity (Wildman–Crippen MR) is 98.6 cm³/mol. The van der Waals surface area contributed by atoms with Gasteiger partial charge in [0.1, 0.15) is 0 Å². The molecule has 0 aliphatic rings. The van der Waals surface area contributed by atoms with Gasteiger partial charge >= 0.3 is 25.8 Å². The fraction of sp³-hybridized carbons (Fsp3) is 0.316. The van der Waals surface area contributed by atoms with Crippen LogP contribution >= 0.6 is 0 Å². The number of rotatable bonds is 1. The second kappa shape index (κ2) is 16.4. The van der Waals surface area contributed by atoms with Gasteiger partial charge in [-0.1, -0.05) is 69.8 Å². The minimum atomic E-state index is 0. The Morgan fingerprint density at radius 3 is 1.50 bits per heavy atom. The maximum absolute atomic E-state index is 6.83. The van der Waals surface area contributed by atoms with Crippen molar-refractivity contribution in [3.05, 3.63) is 60.3 Å². The molecule has 24 heavy (non-hydrogen) atoms. The SMILES string of the molecule is CCC(C)[NH-].C[Si]C.[Cl-].[Cl-].[Hf+4].c1ccc2c(c1)[cH-]c1ccccc12. The van der Waals surface area contributed by atoms with Crippen molar-refractivity contribution in [3.8, 4) is 0 Å². The number of halogens is 2. The Kier molecular flexibility index (Phi) is 19.6. The molecule has 0 aliphatic heterocycles. The third kappa shape index (κ3) is 9.43. The molecule has 3 aromatic rings. The smallest absolute Gasteiger partial charge is 1.00 e. The molecule has 0 saturated carbocycles. The summed E-state index contributed by atoms with van der Waals surface area (Å²) in [6, 6.07) is 19.4. The van der Waals surface area contributed by atoms with Gasteiger partial charge in [0.05, 0.1) is 0 Å². The van der Waals surface area contributed by atoms with Crippen LogP contribution in [0, 0.1) is 0 Å². The minimum absolute atomic E-state index is 0. The summed E-state index contributed by atoms with van der Waals surface area (Å²) >= 11 is 0. The average molecular weight is 545 g/mol. The fourth-order valence-corrected chi connectivity index (χ4v) is 1.90. The number of benzene rings is 2.